The highest BCUT2D eigenvalue weighted by Crippen LogP contribution is 2.19. The van der Waals surface area contributed by atoms with Crippen molar-refractivity contribution in [2.24, 2.45) is 5.92 Å². The summed E-state index contributed by atoms with van der Waals surface area (Å²) in [7, 11) is 0. The van der Waals surface area contributed by atoms with Crippen molar-refractivity contribution in [1.82, 2.24) is 9.88 Å². The summed E-state index contributed by atoms with van der Waals surface area (Å²) in [4.78, 5) is 29.3. The average molecular weight is 386 g/mol. The summed E-state index contributed by atoms with van der Waals surface area (Å²) >= 11 is 1.59. The molecule has 0 aliphatic carbocycles. The van der Waals surface area contributed by atoms with Crippen molar-refractivity contribution in [2.75, 3.05) is 13.1 Å². The zero-order chi connectivity index (χ0) is 19.2. The number of rotatable bonds is 6. The normalized spacial score (nSPS) is 15.2. The highest BCUT2D eigenvalue weighted by Gasteiger charge is 2.25. The van der Waals surface area contributed by atoms with Gasteiger partial charge in [-0.15, -0.1) is 11.3 Å². The minimum Gasteiger partial charge on any atom is -0.487 e. The number of piperidine rings is 1. The Balaban J connectivity index is 1.54. The second kappa shape index (κ2) is 8.81. The van der Waals surface area contributed by atoms with Crippen LogP contribution in [0, 0.1) is 12.8 Å². The summed E-state index contributed by atoms with van der Waals surface area (Å²) in [5.41, 5.74) is 1.77. The molecule has 1 saturated heterocycles. The van der Waals surface area contributed by atoms with E-state index in [2.05, 4.69) is 4.98 Å². The topological polar surface area (TPSA) is 79.7 Å². The van der Waals surface area contributed by atoms with Gasteiger partial charge >= 0.3 is 5.97 Å². The SMILES string of the molecule is Cc1nc(COc2cccc(/C=C/C(=O)N3CCC(C(=O)O)CC3)c2)cs1. The Morgan fingerprint density at radius 2 is 2.15 bits per heavy atom. The number of carbonyl (C=O) groups excluding carboxylic acids is 1. The summed E-state index contributed by atoms with van der Waals surface area (Å²) in [5.74, 6) is -0.490. The molecular formula is C20H22N2O4S. The fraction of sp³-hybridized carbons (Fsp3) is 0.350. The molecule has 0 spiro atoms. The quantitative estimate of drug-likeness (QED) is 0.770. The van der Waals surface area contributed by atoms with E-state index in [9.17, 15) is 9.59 Å². The van der Waals surface area contributed by atoms with Gasteiger partial charge in [0, 0.05) is 24.5 Å². The number of hydrogen-bond acceptors (Lipinski definition) is 5. The first-order valence-corrected chi connectivity index (χ1v) is 9.73. The molecule has 2 heterocycles. The third kappa shape index (κ3) is 5.40. The lowest BCUT2D eigenvalue weighted by Crippen LogP contribution is -2.39. The van der Waals surface area contributed by atoms with E-state index in [1.54, 1.807) is 22.3 Å². The number of carbonyl (C=O) groups is 2. The fourth-order valence-electron chi connectivity index (χ4n) is 2.96. The number of aliphatic carboxylic acids is 1. The van der Waals surface area contributed by atoms with Gasteiger partial charge in [0.25, 0.3) is 0 Å². The fourth-order valence-corrected chi connectivity index (χ4v) is 3.56. The Morgan fingerprint density at radius 3 is 2.81 bits per heavy atom. The number of amides is 1. The molecule has 27 heavy (non-hydrogen) atoms. The van der Waals surface area contributed by atoms with Gasteiger partial charge in [-0.3, -0.25) is 9.59 Å². The molecule has 142 valence electrons. The highest BCUT2D eigenvalue weighted by molar-refractivity contribution is 7.09. The zero-order valence-corrected chi connectivity index (χ0v) is 15.9. The molecule has 1 fully saturated rings. The molecule has 1 N–H and O–H groups in total. The molecule has 1 aromatic carbocycles. The number of likely N-dealkylation sites (tertiary alicyclic amines) is 1. The molecule has 1 aromatic heterocycles. The van der Waals surface area contributed by atoms with Crippen molar-refractivity contribution in [1.29, 1.82) is 0 Å². The Bertz CT molecular complexity index is 838. The minimum atomic E-state index is -0.776. The molecule has 6 nitrogen and oxygen atoms in total. The first-order valence-electron chi connectivity index (χ1n) is 8.85. The Labute approximate surface area is 162 Å². The molecule has 0 atom stereocenters. The Kier molecular flexibility index (Phi) is 6.24. The summed E-state index contributed by atoms with van der Waals surface area (Å²) < 4.78 is 5.76. The van der Waals surface area contributed by atoms with Crippen molar-refractivity contribution >= 4 is 29.3 Å². The maximum atomic E-state index is 12.3. The van der Waals surface area contributed by atoms with Gasteiger partial charge < -0.3 is 14.7 Å². The monoisotopic (exact) mass is 386 g/mol. The smallest absolute Gasteiger partial charge is 0.306 e. The molecule has 0 saturated carbocycles. The number of ether oxygens (including phenoxy) is 1. The number of hydrogen-bond donors (Lipinski definition) is 1. The van der Waals surface area contributed by atoms with Crippen LogP contribution < -0.4 is 4.74 Å². The molecular weight excluding hydrogens is 364 g/mol. The summed E-state index contributed by atoms with van der Waals surface area (Å²) in [6.07, 6.45) is 4.30. The summed E-state index contributed by atoms with van der Waals surface area (Å²) in [5, 5.41) is 12.0. The lowest BCUT2D eigenvalue weighted by molar-refractivity contribution is -0.144. The predicted octanol–water partition coefficient (Wildman–Crippen LogP) is 3.37. The number of thiazole rings is 1. The van der Waals surface area contributed by atoms with Crippen LogP contribution in [-0.2, 0) is 16.2 Å². The van der Waals surface area contributed by atoms with E-state index in [0.29, 0.717) is 32.5 Å². The first kappa shape index (κ1) is 19.1. The number of benzene rings is 1. The molecule has 7 heteroatoms. The zero-order valence-electron chi connectivity index (χ0n) is 15.1. The second-order valence-corrected chi connectivity index (χ2v) is 7.55. The largest absolute Gasteiger partial charge is 0.487 e. The molecule has 1 amide bonds. The lowest BCUT2D eigenvalue weighted by Gasteiger charge is -2.29. The van der Waals surface area contributed by atoms with Crippen molar-refractivity contribution < 1.29 is 19.4 Å². The van der Waals surface area contributed by atoms with Crippen molar-refractivity contribution in [3.8, 4) is 5.75 Å². The van der Waals surface area contributed by atoms with Crippen molar-refractivity contribution in [2.45, 2.75) is 26.4 Å². The van der Waals surface area contributed by atoms with E-state index in [0.717, 1.165) is 22.0 Å². The Morgan fingerprint density at radius 1 is 1.37 bits per heavy atom. The lowest BCUT2D eigenvalue weighted by atomic mass is 9.97. The maximum Gasteiger partial charge on any atom is 0.306 e. The van der Waals surface area contributed by atoms with Gasteiger partial charge in [-0.25, -0.2) is 4.98 Å². The molecule has 0 radical (unpaired) electrons. The first-order chi connectivity index (χ1) is 13.0. The molecule has 0 bridgehead atoms. The predicted molar refractivity (Wildman–Crippen MR) is 104 cm³/mol. The van der Waals surface area contributed by atoms with E-state index < -0.39 is 5.97 Å². The van der Waals surface area contributed by atoms with Crippen molar-refractivity contribution in [3.63, 3.8) is 0 Å². The average Bonchev–Trinajstić information content (AvgIpc) is 3.10. The molecule has 3 rings (SSSR count). The molecule has 2 aromatic rings. The van der Waals surface area contributed by atoms with Gasteiger partial charge in [0.2, 0.25) is 5.91 Å². The third-order valence-electron chi connectivity index (χ3n) is 4.49. The highest BCUT2D eigenvalue weighted by atomic mass is 32.1. The van der Waals surface area contributed by atoms with Crippen LogP contribution >= 0.6 is 11.3 Å². The van der Waals surface area contributed by atoms with E-state index in [1.165, 1.54) is 6.08 Å². The van der Waals surface area contributed by atoms with Crippen LogP contribution in [-0.4, -0.2) is 40.0 Å². The number of carboxylic acid groups (broad SMARTS) is 1. The van der Waals surface area contributed by atoms with Crippen LogP contribution in [0.2, 0.25) is 0 Å². The van der Waals surface area contributed by atoms with E-state index in [4.69, 9.17) is 9.84 Å². The van der Waals surface area contributed by atoms with E-state index in [1.807, 2.05) is 36.6 Å². The van der Waals surface area contributed by atoms with Crippen LogP contribution in [0.3, 0.4) is 0 Å². The van der Waals surface area contributed by atoms with Crippen LogP contribution in [0.15, 0.2) is 35.7 Å². The number of carboxylic acids is 1. The maximum absolute atomic E-state index is 12.3. The Hall–Kier alpha value is -2.67. The van der Waals surface area contributed by atoms with Gasteiger partial charge in [-0.2, -0.15) is 0 Å². The summed E-state index contributed by atoms with van der Waals surface area (Å²) in [6.45, 7) is 3.34. The van der Waals surface area contributed by atoms with E-state index in [-0.39, 0.29) is 11.8 Å². The van der Waals surface area contributed by atoms with E-state index >= 15 is 0 Å². The third-order valence-corrected chi connectivity index (χ3v) is 5.31. The van der Waals surface area contributed by atoms with Gasteiger partial charge in [0.05, 0.1) is 16.6 Å². The van der Waals surface area contributed by atoms with Crippen molar-refractivity contribution in [3.05, 3.63) is 52.0 Å². The van der Waals surface area contributed by atoms with Crippen LogP contribution in [0.5, 0.6) is 5.75 Å². The number of aryl methyl sites for hydroxylation is 1. The van der Waals surface area contributed by atoms with Gasteiger partial charge in [0.15, 0.2) is 0 Å². The number of nitrogens with zero attached hydrogens (tertiary/aromatic N) is 2. The van der Waals surface area contributed by atoms with Gasteiger partial charge in [-0.05, 0) is 43.5 Å². The summed E-state index contributed by atoms with van der Waals surface area (Å²) in [6, 6.07) is 7.53. The standard InChI is InChI=1S/C20H22N2O4S/c1-14-21-17(13-27-14)12-26-18-4-2-3-15(11-18)5-6-19(23)22-9-7-16(8-10-22)20(24)25/h2-6,11,13,16H,7-10,12H2,1H3,(H,24,25)/b6-5+. The van der Waals surface area contributed by atoms with Crippen LogP contribution in [0.25, 0.3) is 6.08 Å². The molecule has 0 unspecified atom stereocenters. The second-order valence-electron chi connectivity index (χ2n) is 6.49. The van der Waals surface area contributed by atoms with Crippen LogP contribution in [0.4, 0.5) is 0 Å². The molecule has 1 aliphatic heterocycles. The van der Waals surface area contributed by atoms with Gasteiger partial charge in [-0.1, -0.05) is 12.1 Å². The molecule has 1 aliphatic rings. The van der Waals surface area contributed by atoms with Gasteiger partial charge in [0.1, 0.15) is 12.4 Å². The minimum absolute atomic E-state index is 0.0943. The number of aromatic nitrogens is 1. The van der Waals surface area contributed by atoms with Crippen LogP contribution in [0.1, 0.15) is 29.1 Å².